The average Bonchev–Trinajstić information content (AvgIpc) is 2.27. The smallest absolute Gasteiger partial charge is 0.338 e. The fraction of sp³-hybridized carbons (Fsp3) is 0.467. The lowest BCUT2D eigenvalue weighted by Gasteiger charge is -2.17. The molecule has 19 heavy (non-hydrogen) atoms. The Bertz CT molecular complexity index is 443. The Morgan fingerprint density at radius 3 is 2.21 bits per heavy atom. The molecule has 0 spiro atoms. The largest absolute Gasteiger partial charge is 0.462 e. The monoisotopic (exact) mass is 263 g/mol. The van der Waals surface area contributed by atoms with Gasteiger partial charge in [0.15, 0.2) is 0 Å². The van der Waals surface area contributed by atoms with Crippen LogP contribution in [0.3, 0.4) is 0 Å². The summed E-state index contributed by atoms with van der Waals surface area (Å²) in [4.78, 5) is 23.2. The molecule has 0 aliphatic carbocycles. The quantitative estimate of drug-likeness (QED) is 0.848. The van der Waals surface area contributed by atoms with E-state index in [4.69, 9.17) is 4.74 Å². The topological polar surface area (TPSA) is 55.4 Å². The number of amides is 1. The summed E-state index contributed by atoms with van der Waals surface area (Å²) in [6, 6.07) is 6.69. The van der Waals surface area contributed by atoms with Gasteiger partial charge in [0.25, 0.3) is 0 Å². The van der Waals surface area contributed by atoms with Gasteiger partial charge in [0.1, 0.15) is 0 Å². The number of carbonyl (C=O) groups is 2. The molecule has 4 nitrogen and oxygen atoms in total. The predicted octanol–water partition coefficient (Wildman–Crippen LogP) is 3.24. The van der Waals surface area contributed by atoms with Gasteiger partial charge in [-0.25, -0.2) is 4.79 Å². The van der Waals surface area contributed by atoms with Crippen LogP contribution in [0, 0.1) is 5.41 Å². The van der Waals surface area contributed by atoms with E-state index in [0.717, 1.165) is 0 Å². The number of nitrogens with one attached hydrogen (secondary N) is 1. The van der Waals surface area contributed by atoms with Crippen molar-refractivity contribution in [1.29, 1.82) is 0 Å². The zero-order chi connectivity index (χ0) is 14.5. The molecular formula is C15H21NO3. The standard InChI is InChI=1S/C15H21NO3/c1-5-19-14(18)11-6-8-12(9-7-11)16-13(17)10-15(2,3)4/h6-9H,5,10H2,1-4H3,(H,16,17). The molecule has 1 N–H and O–H groups in total. The number of anilines is 1. The van der Waals surface area contributed by atoms with Crippen LogP contribution in [0.5, 0.6) is 0 Å². The molecular weight excluding hydrogens is 242 g/mol. The summed E-state index contributed by atoms with van der Waals surface area (Å²) < 4.78 is 4.89. The number of esters is 1. The van der Waals surface area contributed by atoms with E-state index in [1.54, 1.807) is 31.2 Å². The first kappa shape index (κ1) is 15.2. The van der Waals surface area contributed by atoms with Crippen LogP contribution in [-0.2, 0) is 9.53 Å². The molecule has 0 saturated carbocycles. The highest BCUT2D eigenvalue weighted by atomic mass is 16.5. The van der Waals surface area contributed by atoms with Gasteiger partial charge < -0.3 is 10.1 Å². The fourth-order valence-corrected chi connectivity index (χ4v) is 1.59. The van der Waals surface area contributed by atoms with Crippen LogP contribution in [0.25, 0.3) is 0 Å². The van der Waals surface area contributed by atoms with E-state index in [1.165, 1.54) is 0 Å². The maximum atomic E-state index is 11.7. The second-order valence-corrected chi connectivity index (χ2v) is 5.58. The van der Waals surface area contributed by atoms with E-state index in [9.17, 15) is 9.59 Å². The Labute approximate surface area is 114 Å². The van der Waals surface area contributed by atoms with Crippen LogP contribution in [0.1, 0.15) is 44.5 Å². The van der Waals surface area contributed by atoms with Gasteiger partial charge in [-0.15, -0.1) is 0 Å². The van der Waals surface area contributed by atoms with Gasteiger partial charge in [-0.05, 0) is 36.6 Å². The highest BCUT2D eigenvalue weighted by Crippen LogP contribution is 2.19. The van der Waals surface area contributed by atoms with E-state index < -0.39 is 0 Å². The number of rotatable bonds is 4. The molecule has 0 aliphatic heterocycles. The second kappa shape index (κ2) is 6.36. The summed E-state index contributed by atoms with van der Waals surface area (Å²) in [6.45, 7) is 8.14. The van der Waals surface area contributed by atoms with Crippen LogP contribution in [0.15, 0.2) is 24.3 Å². The van der Waals surface area contributed by atoms with Gasteiger partial charge in [0, 0.05) is 12.1 Å². The minimum atomic E-state index is -0.352. The normalized spacial score (nSPS) is 10.9. The van der Waals surface area contributed by atoms with Crippen LogP contribution < -0.4 is 5.32 Å². The molecule has 0 aromatic heterocycles. The summed E-state index contributed by atoms with van der Waals surface area (Å²) >= 11 is 0. The Morgan fingerprint density at radius 2 is 1.74 bits per heavy atom. The number of hydrogen-bond acceptors (Lipinski definition) is 3. The number of carbonyl (C=O) groups excluding carboxylic acids is 2. The lowest BCUT2D eigenvalue weighted by molar-refractivity contribution is -0.117. The zero-order valence-corrected chi connectivity index (χ0v) is 11.9. The van der Waals surface area contributed by atoms with Crippen molar-refractivity contribution in [2.75, 3.05) is 11.9 Å². The highest BCUT2D eigenvalue weighted by Gasteiger charge is 2.16. The molecule has 0 bridgehead atoms. The molecule has 0 unspecified atom stereocenters. The third-order valence-corrected chi connectivity index (χ3v) is 2.37. The SMILES string of the molecule is CCOC(=O)c1ccc(NC(=O)CC(C)(C)C)cc1. The lowest BCUT2D eigenvalue weighted by Crippen LogP contribution is -2.19. The van der Waals surface area contributed by atoms with E-state index in [2.05, 4.69) is 5.32 Å². The maximum absolute atomic E-state index is 11.7. The minimum Gasteiger partial charge on any atom is -0.462 e. The van der Waals surface area contributed by atoms with Crippen molar-refractivity contribution in [3.63, 3.8) is 0 Å². The van der Waals surface area contributed by atoms with E-state index in [1.807, 2.05) is 20.8 Å². The Balaban J connectivity index is 2.62. The molecule has 0 atom stereocenters. The molecule has 1 aromatic rings. The van der Waals surface area contributed by atoms with Gasteiger partial charge in [-0.3, -0.25) is 4.79 Å². The minimum absolute atomic E-state index is 0.0311. The third kappa shape index (κ3) is 5.55. The number of benzene rings is 1. The van der Waals surface area contributed by atoms with Gasteiger partial charge in [0.2, 0.25) is 5.91 Å². The van der Waals surface area contributed by atoms with Gasteiger partial charge in [-0.1, -0.05) is 20.8 Å². The molecule has 0 fully saturated rings. The number of hydrogen-bond donors (Lipinski definition) is 1. The first-order chi connectivity index (χ1) is 8.81. The Kier molecular flexibility index (Phi) is 5.10. The predicted molar refractivity (Wildman–Crippen MR) is 75.1 cm³/mol. The van der Waals surface area contributed by atoms with Crippen LogP contribution >= 0.6 is 0 Å². The van der Waals surface area contributed by atoms with Crippen molar-refractivity contribution in [3.05, 3.63) is 29.8 Å². The maximum Gasteiger partial charge on any atom is 0.338 e. The van der Waals surface area contributed by atoms with Crippen LogP contribution in [-0.4, -0.2) is 18.5 Å². The first-order valence-electron chi connectivity index (χ1n) is 6.39. The molecule has 1 aromatic carbocycles. The number of ether oxygens (including phenoxy) is 1. The van der Waals surface area contributed by atoms with E-state index in [-0.39, 0.29) is 17.3 Å². The first-order valence-corrected chi connectivity index (χ1v) is 6.39. The Morgan fingerprint density at radius 1 is 1.16 bits per heavy atom. The summed E-state index contributed by atoms with van der Waals surface area (Å²) in [5.41, 5.74) is 1.12. The summed E-state index contributed by atoms with van der Waals surface area (Å²) in [5.74, 6) is -0.383. The van der Waals surface area contributed by atoms with Crippen LogP contribution in [0.2, 0.25) is 0 Å². The molecule has 1 rings (SSSR count). The van der Waals surface area contributed by atoms with Crippen LogP contribution in [0.4, 0.5) is 5.69 Å². The van der Waals surface area contributed by atoms with E-state index >= 15 is 0 Å². The van der Waals surface area contributed by atoms with Crippen molar-refractivity contribution in [1.82, 2.24) is 0 Å². The van der Waals surface area contributed by atoms with Crippen molar-refractivity contribution in [2.45, 2.75) is 34.1 Å². The second-order valence-electron chi connectivity index (χ2n) is 5.58. The molecule has 0 radical (unpaired) electrons. The molecule has 0 heterocycles. The summed E-state index contributed by atoms with van der Waals surface area (Å²) in [5, 5.41) is 2.81. The summed E-state index contributed by atoms with van der Waals surface area (Å²) in [7, 11) is 0. The van der Waals surface area contributed by atoms with Gasteiger partial charge >= 0.3 is 5.97 Å². The van der Waals surface area contributed by atoms with Gasteiger partial charge in [0.05, 0.1) is 12.2 Å². The molecule has 4 heteroatoms. The molecule has 1 amide bonds. The van der Waals surface area contributed by atoms with Crippen molar-refractivity contribution < 1.29 is 14.3 Å². The van der Waals surface area contributed by atoms with Gasteiger partial charge in [-0.2, -0.15) is 0 Å². The lowest BCUT2D eigenvalue weighted by atomic mass is 9.92. The van der Waals surface area contributed by atoms with Crippen molar-refractivity contribution in [3.8, 4) is 0 Å². The highest BCUT2D eigenvalue weighted by molar-refractivity contribution is 5.93. The Hall–Kier alpha value is -1.84. The molecule has 0 aliphatic rings. The summed E-state index contributed by atoms with van der Waals surface area (Å²) in [6.07, 6.45) is 0.451. The molecule has 104 valence electrons. The zero-order valence-electron chi connectivity index (χ0n) is 11.9. The average molecular weight is 263 g/mol. The molecule has 0 saturated heterocycles. The van der Waals surface area contributed by atoms with E-state index in [0.29, 0.717) is 24.3 Å². The fourth-order valence-electron chi connectivity index (χ4n) is 1.59. The third-order valence-electron chi connectivity index (χ3n) is 2.37. The van der Waals surface area contributed by atoms with Crippen molar-refractivity contribution >= 4 is 17.6 Å². The van der Waals surface area contributed by atoms with Crippen molar-refractivity contribution in [2.24, 2.45) is 5.41 Å².